The molecular formula is C34H42Br2N2O4. The smallest absolute Gasteiger partial charge is 0.257 e. The number of unbranched alkanes of at least 4 members (excludes halogenated alkanes) is 10. The van der Waals surface area contributed by atoms with Gasteiger partial charge in [0.05, 0.1) is 0 Å². The molecule has 0 aromatic heterocycles. The van der Waals surface area contributed by atoms with Gasteiger partial charge in [0.1, 0.15) is 0 Å². The Labute approximate surface area is 266 Å². The molecule has 0 fully saturated rings. The molecule has 0 saturated carbocycles. The molecule has 0 unspecified atom stereocenters. The third kappa shape index (κ3) is 5.87. The third-order valence-electron chi connectivity index (χ3n) is 9.41. The van der Waals surface area contributed by atoms with Crippen molar-refractivity contribution in [1.29, 1.82) is 0 Å². The molecule has 5 rings (SSSR count). The van der Waals surface area contributed by atoms with Gasteiger partial charge in [0.15, 0.2) is 0 Å². The number of fused-ring (bicyclic) bond motifs is 2. The van der Waals surface area contributed by atoms with Crippen LogP contribution >= 0.6 is 31.9 Å². The summed E-state index contributed by atoms with van der Waals surface area (Å²) in [6.07, 6.45) is 14.8. The number of hydrogen-bond acceptors (Lipinski definition) is 4. The molecular weight excluding hydrogens is 660 g/mol. The summed E-state index contributed by atoms with van der Waals surface area (Å²) in [5, 5.41) is 0. The van der Waals surface area contributed by atoms with Gasteiger partial charge < -0.3 is 0 Å². The standard InChI is InChI=1S/C34H42Br2N2O4/c1-3-5-7-9-11-13-15-37-31(39)25-17-21-22(18-26(25)32(37)40)30(36)24-20-28-27(19-23(24)29(21)35)33(41)38(34(28)42)16-14-12-10-8-6-4-2/h3-20H2,1-2H3. The first kappa shape index (κ1) is 31.4. The molecule has 226 valence electrons. The van der Waals surface area contributed by atoms with Crippen LogP contribution in [0.25, 0.3) is 0 Å². The van der Waals surface area contributed by atoms with Crippen molar-refractivity contribution in [2.45, 2.75) is 117 Å². The highest BCUT2D eigenvalue weighted by Crippen LogP contribution is 2.47. The maximum Gasteiger partial charge on any atom is 0.257 e. The Hall–Kier alpha value is -2.06. The van der Waals surface area contributed by atoms with Crippen LogP contribution in [0, 0.1) is 0 Å². The van der Waals surface area contributed by atoms with Crippen LogP contribution in [0.15, 0.2) is 31.2 Å². The molecule has 0 spiro atoms. The molecule has 0 N–H and O–H groups in total. The lowest BCUT2D eigenvalue weighted by Crippen LogP contribution is -2.32. The lowest BCUT2D eigenvalue weighted by molar-refractivity contribution is -0.139. The monoisotopic (exact) mass is 700 g/mol. The first-order valence-corrected chi connectivity index (χ1v) is 17.5. The second-order valence-corrected chi connectivity index (χ2v) is 13.8. The first-order valence-electron chi connectivity index (χ1n) is 16.0. The fraction of sp³-hybridized carbons (Fsp3) is 0.588. The van der Waals surface area contributed by atoms with E-state index in [0.717, 1.165) is 69.7 Å². The summed E-state index contributed by atoms with van der Waals surface area (Å²) in [4.78, 5) is 56.3. The van der Waals surface area contributed by atoms with Crippen molar-refractivity contribution in [3.63, 3.8) is 0 Å². The van der Waals surface area contributed by atoms with Crippen molar-refractivity contribution in [2.75, 3.05) is 13.1 Å². The highest BCUT2D eigenvalue weighted by molar-refractivity contribution is 9.11. The van der Waals surface area contributed by atoms with Crippen molar-refractivity contribution in [3.8, 4) is 0 Å². The van der Waals surface area contributed by atoms with Crippen molar-refractivity contribution in [3.05, 3.63) is 53.5 Å². The summed E-state index contributed by atoms with van der Waals surface area (Å²) in [5.74, 6) is -0.604. The van der Waals surface area contributed by atoms with E-state index in [9.17, 15) is 19.2 Å². The van der Waals surface area contributed by atoms with E-state index in [2.05, 4.69) is 45.7 Å². The number of nitrogens with zero attached hydrogens (tertiary/aromatic N) is 2. The highest BCUT2D eigenvalue weighted by Gasteiger charge is 2.44. The van der Waals surface area contributed by atoms with E-state index in [1.807, 2.05) is 0 Å². The van der Waals surface area contributed by atoms with Crippen LogP contribution in [0.5, 0.6) is 0 Å². The lowest BCUT2D eigenvalue weighted by Gasteiger charge is -2.27. The van der Waals surface area contributed by atoms with Gasteiger partial charge in [-0.1, -0.05) is 110 Å². The number of hydrogen-bond donors (Lipinski definition) is 0. The molecule has 42 heavy (non-hydrogen) atoms. The SMILES string of the molecule is CCCCCCCCN1C(=O)C2=C(Cc3c(Br)c4c(c(Br)c3C2)CC2=C(C4)C(=O)N(CCCCCCCC)C2=O)C1=O. The minimum Gasteiger partial charge on any atom is -0.275 e. The fourth-order valence-electron chi connectivity index (χ4n) is 6.93. The molecule has 0 radical (unpaired) electrons. The Balaban J connectivity index is 1.29. The first-order chi connectivity index (χ1) is 20.3. The van der Waals surface area contributed by atoms with Gasteiger partial charge in [-0.2, -0.15) is 0 Å². The summed E-state index contributed by atoms with van der Waals surface area (Å²) >= 11 is 7.68. The average Bonchev–Trinajstić information content (AvgIpc) is 3.37. The number of benzene rings is 1. The third-order valence-corrected chi connectivity index (χ3v) is 11.3. The molecule has 6 nitrogen and oxygen atoms in total. The second kappa shape index (κ2) is 13.7. The molecule has 0 saturated heterocycles. The van der Waals surface area contributed by atoms with Crippen molar-refractivity contribution < 1.29 is 19.2 Å². The molecule has 0 bridgehead atoms. The molecule has 1 aromatic carbocycles. The zero-order valence-electron chi connectivity index (χ0n) is 25.0. The van der Waals surface area contributed by atoms with Crippen LogP contribution in [-0.2, 0) is 44.9 Å². The quantitative estimate of drug-likeness (QED) is 0.149. The van der Waals surface area contributed by atoms with Crippen LogP contribution in [0.2, 0.25) is 0 Å². The highest BCUT2D eigenvalue weighted by atomic mass is 79.9. The summed E-state index contributed by atoms with van der Waals surface area (Å²) in [7, 11) is 0. The number of carbonyl (C=O) groups is 4. The average molecular weight is 703 g/mol. The van der Waals surface area contributed by atoms with Gasteiger partial charge in [-0.05, 0) is 35.1 Å². The number of carbonyl (C=O) groups excluding carboxylic acids is 4. The Kier molecular flexibility index (Phi) is 10.2. The van der Waals surface area contributed by atoms with Crippen LogP contribution in [0.4, 0.5) is 0 Å². The number of amides is 4. The van der Waals surface area contributed by atoms with Gasteiger partial charge in [-0.3, -0.25) is 29.0 Å². The number of halogens is 2. The zero-order chi connectivity index (χ0) is 30.0. The van der Waals surface area contributed by atoms with Crippen molar-refractivity contribution in [1.82, 2.24) is 9.80 Å². The Morgan fingerprint density at radius 2 is 0.714 bits per heavy atom. The summed E-state index contributed by atoms with van der Waals surface area (Å²) in [6, 6.07) is 0. The Bertz CT molecular complexity index is 1190. The van der Waals surface area contributed by atoms with Gasteiger partial charge in [-0.15, -0.1) is 0 Å². The minimum absolute atomic E-state index is 0.151. The molecule has 8 heteroatoms. The lowest BCUT2D eigenvalue weighted by atomic mass is 9.80. The minimum atomic E-state index is -0.151. The topological polar surface area (TPSA) is 74.8 Å². The Morgan fingerprint density at radius 3 is 1.00 bits per heavy atom. The van der Waals surface area contributed by atoms with Crippen LogP contribution in [0.1, 0.15) is 113 Å². The van der Waals surface area contributed by atoms with Gasteiger partial charge in [0.2, 0.25) is 0 Å². The second-order valence-electron chi connectivity index (χ2n) is 12.2. The summed E-state index contributed by atoms with van der Waals surface area (Å²) in [6.45, 7) is 5.33. The van der Waals surface area contributed by atoms with Crippen molar-refractivity contribution in [2.24, 2.45) is 0 Å². The molecule has 4 amide bonds. The molecule has 2 aliphatic carbocycles. The van der Waals surface area contributed by atoms with Crippen LogP contribution in [0.3, 0.4) is 0 Å². The van der Waals surface area contributed by atoms with Crippen LogP contribution < -0.4 is 0 Å². The van der Waals surface area contributed by atoms with E-state index in [-0.39, 0.29) is 23.6 Å². The van der Waals surface area contributed by atoms with E-state index in [0.29, 0.717) is 61.1 Å². The molecule has 4 aliphatic rings. The zero-order valence-corrected chi connectivity index (χ0v) is 28.2. The molecule has 2 aliphatic heterocycles. The maximum atomic E-state index is 13.4. The summed E-state index contributed by atoms with van der Waals surface area (Å²) in [5.41, 5.74) is 6.47. The van der Waals surface area contributed by atoms with E-state index >= 15 is 0 Å². The number of rotatable bonds is 14. The largest absolute Gasteiger partial charge is 0.275 e. The Morgan fingerprint density at radius 1 is 0.452 bits per heavy atom. The molecule has 0 atom stereocenters. The van der Waals surface area contributed by atoms with E-state index in [4.69, 9.17) is 0 Å². The normalized spacial score (nSPS) is 17.9. The van der Waals surface area contributed by atoms with Gasteiger partial charge >= 0.3 is 0 Å². The van der Waals surface area contributed by atoms with E-state index in [1.165, 1.54) is 48.3 Å². The maximum absolute atomic E-state index is 13.4. The predicted octanol–water partition coefficient (Wildman–Crippen LogP) is 7.46. The van der Waals surface area contributed by atoms with E-state index in [1.54, 1.807) is 0 Å². The van der Waals surface area contributed by atoms with Crippen LogP contribution in [-0.4, -0.2) is 46.5 Å². The van der Waals surface area contributed by atoms with Gasteiger partial charge in [0.25, 0.3) is 23.6 Å². The van der Waals surface area contributed by atoms with Gasteiger partial charge in [-0.25, -0.2) is 0 Å². The summed E-state index contributed by atoms with van der Waals surface area (Å²) < 4.78 is 1.80. The molecule has 2 heterocycles. The van der Waals surface area contributed by atoms with E-state index < -0.39 is 0 Å². The van der Waals surface area contributed by atoms with Gasteiger partial charge in [0, 0.05) is 70.0 Å². The predicted molar refractivity (Wildman–Crippen MR) is 171 cm³/mol. The number of imide groups is 2. The van der Waals surface area contributed by atoms with Crippen molar-refractivity contribution >= 4 is 55.5 Å². The molecule has 1 aromatic rings. The fourth-order valence-corrected chi connectivity index (χ4v) is 8.44.